The maximum Gasteiger partial charge on any atom is 0.0779 e. The van der Waals surface area contributed by atoms with E-state index in [-0.39, 0.29) is 0 Å². The molecule has 1 aliphatic carbocycles. The van der Waals surface area contributed by atoms with Crippen molar-refractivity contribution >= 4 is 10.8 Å². The molecule has 16 heavy (non-hydrogen) atoms. The number of aliphatic hydroxyl groups excluding tert-OH is 1. The zero-order valence-electron chi connectivity index (χ0n) is 10.3. The summed E-state index contributed by atoms with van der Waals surface area (Å²) < 4.78 is 11.8. The molecule has 0 bridgehead atoms. The summed E-state index contributed by atoms with van der Waals surface area (Å²) in [4.78, 5) is 0. The van der Waals surface area contributed by atoms with Gasteiger partial charge in [0.25, 0.3) is 0 Å². The minimum absolute atomic E-state index is 0.438. The summed E-state index contributed by atoms with van der Waals surface area (Å²) >= 11 is 0. The number of aliphatic hydroxyl groups is 1. The molecule has 0 aliphatic heterocycles. The molecule has 1 fully saturated rings. The predicted octanol–water partition coefficient (Wildman–Crippen LogP) is 1.29. The predicted molar refractivity (Wildman–Crippen MR) is 69.0 cm³/mol. The highest BCUT2D eigenvalue weighted by atomic mass is 32.2. The highest BCUT2D eigenvalue weighted by Gasteiger charge is 2.19. The van der Waals surface area contributed by atoms with Crippen LogP contribution in [0, 0.1) is 5.92 Å². The molecule has 0 saturated heterocycles. The van der Waals surface area contributed by atoms with Crippen molar-refractivity contribution in [2.45, 2.75) is 45.1 Å². The second kappa shape index (κ2) is 8.20. The zero-order chi connectivity index (χ0) is 11.8. The van der Waals surface area contributed by atoms with E-state index in [0.29, 0.717) is 18.2 Å². The van der Waals surface area contributed by atoms with Crippen LogP contribution in [0.2, 0.25) is 0 Å². The van der Waals surface area contributed by atoms with Gasteiger partial charge in [0, 0.05) is 23.1 Å². The van der Waals surface area contributed by atoms with Gasteiger partial charge in [-0.2, -0.15) is 0 Å². The molecule has 4 heteroatoms. The summed E-state index contributed by atoms with van der Waals surface area (Å²) in [6.07, 6.45) is 5.67. The number of hydrogen-bond donors (Lipinski definition) is 2. The van der Waals surface area contributed by atoms with Crippen LogP contribution in [-0.4, -0.2) is 40.0 Å². The first-order valence-electron chi connectivity index (χ1n) is 6.46. The van der Waals surface area contributed by atoms with Gasteiger partial charge in [0.1, 0.15) is 0 Å². The van der Waals surface area contributed by atoms with Crippen LogP contribution in [-0.2, 0) is 10.8 Å². The molecule has 2 atom stereocenters. The normalized spacial score (nSPS) is 21.1. The average Bonchev–Trinajstić information content (AvgIpc) is 2.70. The summed E-state index contributed by atoms with van der Waals surface area (Å²) in [7, 11) is -0.835. The fraction of sp³-hybridized carbons (Fsp3) is 1.00. The second-order valence-electron chi connectivity index (χ2n) is 4.78. The maximum absolute atomic E-state index is 11.8. The first-order valence-corrected chi connectivity index (χ1v) is 7.95. The highest BCUT2D eigenvalue weighted by Crippen LogP contribution is 2.25. The van der Waals surface area contributed by atoms with Crippen molar-refractivity contribution in [3.63, 3.8) is 0 Å². The molecular weight excluding hydrogens is 222 g/mol. The Morgan fingerprint density at radius 2 is 2.12 bits per heavy atom. The smallest absolute Gasteiger partial charge is 0.0779 e. The molecule has 0 spiro atoms. The summed E-state index contributed by atoms with van der Waals surface area (Å²) in [5.74, 6) is 1.88. The largest absolute Gasteiger partial charge is 0.391 e. The third-order valence-electron chi connectivity index (χ3n) is 3.08. The van der Waals surface area contributed by atoms with E-state index in [9.17, 15) is 9.32 Å². The monoisotopic (exact) mass is 247 g/mol. The Hall–Kier alpha value is 0.0700. The molecular formula is C12H25NO2S. The van der Waals surface area contributed by atoms with E-state index in [0.717, 1.165) is 18.7 Å². The molecule has 2 unspecified atom stereocenters. The highest BCUT2D eigenvalue weighted by molar-refractivity contribution is 7.85. The van der Waals surface area contributed by atoms with Crippen LogP contribution in [0.4, 0.5) is 0 Å². The van der Waals surface area contributed by atoms with Gasteiger partial charge in [-0.3, -0.25) is 4.21 Å². The van der Waals surface area contributed by atoms with E-state index in [4.69, 9.17) is 0 Å². The van der Waals surface area contributed by atoms with Crippen molar-refractivity contribution < 1.29 is 9.32 Å². The van der Waals surface area contributed by atoms with Crippen LogP contribution in [0.3, 0.4) is 0 Å². The fourth-order valence-corrected chi connectivity index (χ4v) is 3.77. The summed E-state index contributed by atoms with van der Waals surface area (Å²) in [6.45, 7) is 3.59. The van der Waals surface area contributed by atoms with Crippen LogP contribution in [0.5, 0.6) is 0 Å². The lowest BCUT2D eigenvalue weighted by molar-refractivity contribution is 0.195. The number of rotatable bonds is 8. The Bertz CT molecular complexity index is 205. The maximum atomic E-state index is 11.8. The van der Waals surface area contributed by atoms with Crippen LogP contribution < -0.4 is 5.32 Å². The lowest BCUT2D eigenvalue weighted by atomic mass is 10.1. The minimum Gasteiger partial charge on any atom is -0.391 e. The van der Waals surface area contributed by atoms with E-state index >= 15 is 0 Å². The summed E-state index contributed by atoms with van der Waals surface area (Å²) in [5, 5.41) is 12.8. The summed E-state index contributed by atoms with van der Waals surface area (Å²) in [6, 6.07) is 0. The van der Waals surface area contributed by atoms with E-state index in [1.54, 1.807) is 0 Å². The topological polar surface area (TPSA) is 49.3 Å². The third kappa shape index (κ3) is 5.97. The molecule has 0 aromatic heterocycles. The Kier molecular flexibility index (Phi) is 7.25. The number of hydrogen-bond acceptors (Lipinski definition) is 3. The molecule has 0 radical (unpaired) electrons. The van der Waals surface area contributed by atoms with Gasteiger partial charge >= 0.3 is 0 Å². The van der Waals surface area contributed by atoms with Gasteiger partial charge < -0.3 is 10.4 Å². The van der Waals surface area contributed by atoms with Crippen molar-refractivity contribution in [1.29, 1.82) is 0 Å². The van der Waals surface area contributed by atoms with Crippen LogP contribution in [0.15, 0.2) is 0 Å². The van der Waals surface area contributed by atoms with Crippen LogP contribution in [0.25, 0.3) is 0 Å². The minimum atomic E-state index is -0.835. The molecule has 1 rings (SSSR count). The van der Waals surface area contributed by atoms with Crippen LogP contribution >= 0.6 is 0 Å². The van der Waals surface area contributed by atoms with Crippen molar-refractivity contribution in [2.75, 3.05) is 24.6 Å². The van der Waals surface area contributed by atoms with Crippen LogP contribution in [0.1, 0.15) is 39.0 Å². The first-order chi connectivity index (χ1) is 7.72. The van der Waals surface area contributed by atoms with Gasteiger partial charge in [0.2, 0.25) is 0 Å². The Morgan fingerprint density at radius 3 is 2.75 bits per heavy atom. The van der Waals surface area contributed by atoms with Crippen molar-refractivity contribution in [3.05, 3.63) is 0 Å². The molecule has 0 heterocycles. The van der Waals surface area contributed by atoms with Crippen molar-refractivity contribution in [2.24, 2.45) is 5.92 Å². The quantitative estimate of drug-likeness (QED) is 0.635. The average molecular weight is 247 g/mol. The first kappa shape index (κ1) is 14.1. The molecule has 0 aromatic carbocycles. The van der Waals surface area contributed by atoms with Gasteiger partial charge in [-0.05, 0) is 31.7 Å². The van der Waals surface area contributed by atoms with Crippen molar-refractivity contribution in [1.82, 2.24) is 5.32 Å². The van der Waals surface area contributed by atoms with Gasteiger partial charge in [-0.1, -0.05) is 19.8 Å². The van der Waals surface area contributed by atoms with E-state index in [1.807, 2.05) is 0 Å². The lowest BCUT2D eigenvalue weighted by Gasteiger charge is -2.13. The fourth-order valence-electron chi connectivity index (χ4n) is 2.23. The van der Waals surface area contributed by atoms with E-state index in [2.05, 4.69) is 12.2 Å². The Balaban J connectivity index is 2.07. The Morgan fingerprint density at radius 1 is 1.44 bits per heavy atom. The number of nitrogens with one attached hydrogen (secondary N) is 1. The molecule has 2 N–H and O–H groups in total. The lowest BCUT2D eigenvalue weighted by Crippen LogP contribution is -2.32. The second-order valence-corrected chi connectivity index (χ2v) is 6.33. The molecule has 0 aromatic rings. The van der Waals surface area contributed by atoms with Gasteiger partial charge in [-0.15, -0.1) is 0 Å². The van der Waals surface area contributed by atoms with Crippen molar-refractivity contribution in [3.8, 4) is 0 Å². The Labute approximate surface area is 101 Å². The molecule has 0 amide bonds. The third-order valence-corrected chi connectivity index (χ3v) is 4.68. The molecule has 96 valence electrons. The van der Waals surface area contributed by atoms with Gasteiger partial charge in [0.15, 0.2) is 0 Å². The zero-order valence-corrected chi connectivity index (χ0v) is 11.1. The van der Waals surface area contributed by atoms with Gasteiger partial charge in [-0.25, -0.2) is 0 Å². The molecule has 3 nitrogen and oxygen atoms in total. The van der Waals surface area contributed by atoms with E-state index in [1.165, 1.54) is 25.7 Å². The van der Waals surface area contributed by atoms with Gasteiger partial charge in [0.05, 0.1) is 11.9 Å². The molecule has 1 saturated carbocycles. The summed E-state index contributed by atoms with van der Waals surface area (Å²) in [5.41, 5.74) is 0. The standard InChI is InChI=1S/C12H25NO2S/c1-2-7-13-8-12(14)10-16(15)9-11-5-3-4-6-11/h11-14H,2-10H2,1H3. The SMILES string of the molecule is CCCNCC(O)CS(=O)CC1CCCC1. The molecule has 1 aliphatic rings. The van der Waals surface area contributed by atoms with E-state index < -0.39 is 16.9 Å².